The van der Waals surface area contributed by atoms with E-state index in [1.54, 1.807) is 20.8 Å². The first-order valence-corrected chi connectivity index (χ1v) is 18.1. The molecule has 18 atom stereocenters. The van der Waals surface area contributed by atoms with Crippen molar-refractivity contribution < 1.29 is 60.2 Å². The van der Waals surface area contributed by atoms with Gasteiger partial charge < -0.3 is 55.4 Å². The summed E-state index contributed by atoms with van der Waals surface area (Å²) in [4.78, 5) is 14.1. The predicted octanol–water partition coefficient (Wildman–Crippen LogP) is 0.599. The van der Waals surface area contributed by atoms with Gasteiger partial charge in [-0.3, -0.25) is 4.79 Å². The van der Waals surface area contributed by atoms with E-state index in [-0.39, 0.29) is 46.8 Å². The highest BCUT2D eigenvalue weighted by Crippen LogP contribution is 2.89. The van der Waals surface area contributed by atoms with Crippen molar-refractivity contribution >= 4 is 5.97 Å². The van der Waals surface area contributed by atoms with Crippen LogP contribution in [0.3, 0.4) is 0 Å². The van der Waals surface area contributed by atoms with Gasteiger partial charge in [0.1, 0.15) is 24.4 Å². The van der Waals surface area contributed by atoms with Crippen LogP contribution < -0.4 is 0 Å². The molecule has 9 N–H and O–H groups in total. The molecule has 1 saturated heterocycles. The Morgan fingerprint density at radius 2 is 1.54 bits per heavy atom. The Morgan fingerprint density at radius 1 is 0.896 bits per heavy atom. The van der Waals surface area contributed by atoms with Crippen molar-refractivity contribution in [1.82, 2.24) is 0 Å². The molecule has 276 valence electrons. The van der Waals surface area contributed by atoms with Crippen molar-refractivity contribution in [3.05, 3.63) is 0 Å². The van der Waals surface area contributed by atoms with E-state index in [9.17, 15) is 50.8 Å². The molecule has 48 heavy (non-hydrogen) atoms. The fourth-order valence-corrected chi connectivity index (χ4v) is 12.6. The summed E-state index contributed by atoms with van der Waals surface area (Å²) in [6.45, 7) is 10.9. The van der Waals surface area contributed by atoms with Crippen LogP contribution >= 0.6 is 0 Å². The van der Waals surface area contributed by atoms with E-state index < -0.39 is 90.0 Å². The number of carbonyl (C=O) groups excluding carboxylic acids is 1. The van der Waals surface area contributed by atoms with Crippen LogP contribution in [-0.2, 0) is 14.3 Å². The van der Waals surface area contributed by atoms with Gasteiger partial charge in [0.2, 0.25) is 6.29 Å². The number of hydrogen-bond acceptors (Lipinski definition) is 12. The van der Waals surface area contributed by atoms with E-state index in [2.05, 4.69) is 20.8 Å². The summed E-state index contributed by atoms with van der Waals surface area (Å²) in [7, 11) is 0. The topological polar surface area (TPSA) is 218 Å². The van der Waals surface area contributed by atoms with Gasteiger partial charge in [0.15, 0.2) is 0 Å². The van der Waals surface area contributed by atoms with Crippen molar-refractivity contribution in [2.24, 2.45) is 50.7 Å². The van der Waals surface area contributed by atoms with Crippen molar-refractivity contribution in [2.75, 3.05) is 6.61 Å². The van der Waals surface area contributed by atoms with Crippen LogP contribution in [-0.4, -0.2) is 119 Å². The number of hydrogen-bond donors (Lipinski definition) is 9. The van der Waals surface area contributed by atoms with Gasteiger partial charge in [0.05, 0.1) is 42.0 Å². The van der Waals surface area contributed by atoms with Gasteiger partial charge in [-0.25, -0.2) is 0 Å². The molecular formula is C36H60O12. The van der Waals surface area contributed by atoms with Gasteiger partial charge in [-0.05, 0) is 106 Å². The van der Waals surface area contributed by atoms with E-state index in [1.165, 1.54) is 0 Å². The maximum atomic E-state index is 14.1. The first kappa shape index (κ1) is 36.8. The van der Waals surface area contributed by atoms with Crippen molar-refractivity contribution in [3.8, 4) is 0 Å². The SMILES string of the molecule is CC(C(O)CC(O)C(C)(C)O)C1CCC2(C)C3CCC4C(C)(C(=O)OC5OC(CO)C(O)C(O)C5O)C(O)CC(O)C45CC35CCC12C. The zero-order valence-corrected chi connectivity index (χ0v) is 29.3. The lowest BCUT2D eigenvalue weighted by molar-refractivity contribution is -0.300. The summed E-state index contributed by atoms with van der Waals surface area (Å²) in [5, 5.41) is 96.1. The van der Waals surface area contributed by atoms with Crippen LogP contribution in [0, 0.1) is 50.7 Å². The molecule has 1 heterocycles. The monoisotopic (exact) mass is 684 g/mol. The minimum atomic E-state index is -1.76. The molecule has 18 unspecified atom stereocenters. The van der Waals surface area contributed by atoms with Gasteiger partial charge in [0, 0.05) is 18.3 Å². The minimum Gasteiger partial charge on any atom is -0.432 e. The van der Waals surface area contributed by atoms with Gasteiger partial charge in [-0.15, -0.1) is 0 Å². The third-order valence-corrected chi connectivity index (χ3v) is 15.9. The average Bonchev–Trinajstić information content (AvgIpc) is 3.64. The number of ether oxygens (including phenoxy) is 2. The van der Waals surface area contributed by atoms with Gasteiger partial charge in [-0.1, -0.05) is 20.8 Å². The molecule has 12 nitrogen and oxygen atoms in total. The highest BCUT2D eigenvalue weighted by Gasteiger charge is 2.86. The fraction of sp³-hybridized carbons (Fsp3) is 0.972. The summed E-state index contributed by atoms with van der Waals surface area (Å²) in [6, 6.07) is 0. The molecule has 0 aromatic heterocycles. The molecule has 0 bridgehead atoms. The molecule has 0 aromatic rings. The normalized spacial score (nSPS) is 53.4. The summed E-state index contributed by atoms with van der Waals surface area (Å²) in [5.41, 5.74) is -3.80. The summed E-state index contributed by atoms with van der Waals surface area (Å²) in [6.07, 6.45) is -6.03. The standard InChI is InChI=1S/C36H60O12/c1-17(19(38)13-23(39)31(2,3)46)18-9-10-33(5)21-7-8-22-34(6,30(45)48-29-28(44)27(43)26(42)20(15-37)47-29)24(40)14-25(41)36(22)16-35(21,36)12-11-32(18,33)4/h17-29,37-44,46H,7-16H2,1-6H3. The number of carbonyl (C=O) groups is 1. The Kier molecular flexibility index (Phi) is 9.06. The molecule has 6 rings (SSSR count). The molecule has 6 aliphatic rings. The molecular weight excluding hydrogens is 624 g/mol. The van der Waals surface area contributed by atoms with E-state index in [0.717, 1.165) is 38.5 Å². The Hall–Kier alpha value is -0.930. The lowest BCUT2D eigenvalue weighted by Gasteiger charge is -2.64. The Bertz CT molecular complexity index is 1240. The molecule has 1 aliphatic heterocycles. The van der Waals surface area contributed by atoms with Gasteiger partial charge >= 0.3 is 5.97 Å². The van der Waals surface area contributed by atoms with Crippen LogP contribution in [0.25, 0.3) is 0 Å². The number of esters is 1. The second-order valence-electron chi connectivity index (χ2n) is 18.0. The fourth-order valence-electron chi connectivity index (χ4n) is 12.6. The maximum absolute atomic E-state index is 14.1. The smallest absolute Gasteiger partial charge is 0.317 e. The first-order valence-electron chi connectivity index (χ1n) is 18.1. The third kappa shape index (κ3) is 4.80. The van der Waals surface area contributed by atoms with Crippen LogP contribution in [0.5, 0.6) is 0 Å². The van der Waals surface area contributed by atoms with Crippen molar-refractivity contribution in [3.63, 3.8) is 0 Å². The van der Waals surface area contributed by atoms with Gasteiger partial charge in [0.25, 0.3) is 0 Å². The average molecular weight is 685 g/mol. The minimum absolute atomic E-state index is 0.00534. The summed E-state index contributed by atoms with van der Waals surface area (Å²) >= 11 is 0. The highest BCUT2D eigenvalue weighted by atomic mass is 16.7. The number of aliphatic hydroxyl groups excluding tert-OH is 8. The Balaban J connectivity index is 1.25. The quantitative estimate of drug-likeness (QED) is 0.161. The molecule has 5 saturated carbocycles. The van der Waals surface area contributed by atoms with E-state index in [0.29, 0.717) is 6.42 Å². The van der Waals surface area contributed by atoms with Crippen LogP contribution in [0.1, 0.15) is 99.3 Å². The third-order valence-electron chi connectivity index (χ3n) is 15.9. The Morgan fingerprint density at radius 3 is 2.17 bits per heavy atom. The maximum Gasteiger partial charge on any atom is 0.317 e. The van der Waals surface area contributed by atoms with E-state index >= 15 is 0 Å². The van der Waals surface area contributed by atoms with E-state index in [1.807, 2.05) is 0 Å². The second kappa shape index (κ2) is 11.8. The van der Waals surface area contributed by atoms with Crippen LogP contribution in [0.2, 0.25) is 0 Å². The summed E-state index contributed by atoms with van der Waals surface area (Å²) < 4.78 is 11.1. The molecule has 0 radical (unpaired) electrons. The Labute approximate surface area is 283 Å². The lowest BCUT2D eigenvalue weighted by Crippen LogP contribution is -2.65. The largest absolute Gasteiger partial charge is 0.432 e. The summed E-state index contributed by atoms with van der Waals surface area (Å²) in [5.74, 6) is -0.852. The van der Waals surface area contributed by atoms with Crippen molar-refractivity contribution in [1.29, 1.82) is 0 Å². The number of aliphatic hydroxyl groups is 9. The zero-order valence-electron chi connectivity index (χ0n) is 29.3. The zero-order chi connectivity index (χ0) is 35.6. The highest BCUT2D eigenvalue weighted by molar-refractivity contribution is 5.78. The molecule has 12 heteroatoms. The molecule has 0 amide bonds. The lowest BCUT2D eigenvalue weighted by atomic mass is 9.41. The van der Waals surface area contributed by atoms with Crippen LogP contribution in [0.15, 0.2) is 0 Å². The van der Waals surface area contributed by atoms with Crippen molar-refractivity contribution in [2.45, 2.75) is 160 Å². The first-order chi connectivity index (χ1) is 22.2. The predicted molar refractivity (Wildman–Crippen MR) is 171 cm³/mol. The second-order valence-corrected chi connectivity index (χ2v) is 18.0. The van der Waals surface area contributed by atoms with Crippen LogP contribution in [0.4, 0.5) is 0 Å². The van der Waals surface area contributed by atoms with Gasteiger partial charge in [-0.2, -0.15) is 0 Å². The number of fused-ring (bicyclic) bond motifs is 2. The molecule has 6 fully saturated rings. The molecule has 5 aliphatic carbocycles. The number of rotatable bonds is 8. The molecule has 0 aromatic carbocycles. The molecule has 2 spiro atoms. The van der Waals surface area contributed by atoms with E-state index in [4.69, 9.17) is 9.47 Å².